The summed E-state index contributed by atoms with van der Waals surface area (Å²) in [6.45, 7) is 3.47. The summed E-state index contributed by atoms with van der Waals surface area (Å²) in [7, 11) is 2.01. The zero-order chi connectivity index (χ0) is 20.1. The van der Waals surface area contributed by atoms with Gasteiger partial charge < -0.3 is 15.2 Å². The topological polar surface area (TPSA) is 67.1 Å². The Morgan fingerprint density at radius 1 is 1.20 bits per heavy atom. The van der Waals surface area contributed by atoms with Gasteiger partial charge in [0, 0.05) is 29.9 Å². The lowest BCUT2D eigenvalue weighted by atomic mass is 9.73. The van der Waals surface area contributed by atoms with Gasteiger partial charge in [0.15, 0.2) is 11.8 Å². The van der Waals surface area contributed by atoms with Gasteiger partial charge in [-0.2, -0.15) is 0 Å². The number of nitrogens with zero attached hydrogens (tertiary/aromatic N) is 4. The summed E-state index contributed by atoms with van der Waals surface area (Å²) in [5.74, 6) is 2.76. The van der Waals surface area contributed by atoms with E-state index in [0.29, 0.717) is 12.6 Å². The van der Waals surface area contributed by atoms with Crippen molar-refractivity contribution in [3.63, 3.8) is 0 Å². The first kappa shape index (κ1) is 23.5. The number of hydrogen-bond acceptors (Lipinski definition) is 4. The predicted molar refractivity (Wildman–Crippen MR) is 135 cm³/mol. The molecule has 2 saturated carbocycles. The van der Waals surface area contributed by atoms with Crippen molar-refractivity contribution in [3.8, 4) is 0 Å². The molecule has 0 bridgehead atoms. The number of nitrogens with one attached hydrogen (secondary N) is 2. The van der Waals surface area contributed by atoms with Crippen molar-refractivity contribution >= 4 is 41.3 Å². The highest BCUT2D eigenvalue weighted by molar-refractivity contribution is 14.0. The van der Waals surface area contributed by atoms with Gasteiger partial charge in [0.2, 0.25) is 0 Å². The molecule has 2 heterocycles. The maximum absolute atomic E-state index is 4.90. The van der Waals surface area contributed by atoms with Gasteiger partial charge in [-0.25, -0.2) is 4.99 Å². The first-order chi connectivity index (χ1) is 14.2. The molecule has 2 fully saturated rings. The molecule has 0 amide bonds. The number of thiophene rings is 1. The number of aliphatic imine (C=N–C) groups is 1. The largest absolute Gasteiger partial charge is 0.355 e. The summed E-state index contributed by atoms with van der Waals surface area (Å²) in [6, 6.07) is 5.05. The molecule has 4 rings (SSSR count). The van der Waals surface area contributed by atoms with E-state index in [-0.39, 0.29) is 29.4 Å². The van der Waals surface area contributed by atoms with E-state index in [4.69, 9.17) is 4.99 Å². The zero-order valence-corrected chi connectivity index (χ0v) is 21.3. The van der Waals surface area contributed by atoms with Crippen LogP contribution in [0.15, 0.2) is 22.5 Å². The van der Waals surface area contributed by atoms with Crippen LogP contribution >= 0.6 is 35.3 Å². The van der Waals surface area contributed by atoms with E-state index in [1.807, 2.05) is 29.9 Å². The Labute approximate surface area is 201 Å². The van der Waals surface area contributed by atoms with Crippen LogP contribution in [-0.2, 0) is 19.0 Å². The highest BCUT2D eigenvalue weighted by Crippen LogP contribution is 2.41. The molecule has 0 aromatic carbocycles. The highest BCUT2D eigenvalue weighted by Gasteiger charge is 2.35. The number of aryl methyl sites for hydroxylation is 1. The Kier molecular flexibility index (Phi) is 8.56. The molecule has 8 heteroatoms. The molecule has 166 valence electrons. The summed E-state index contributed by atoms with van der Waals surface area (Å²) < 4.78 is 2.02. The fraction of sp³-hybridized carbons (Fsp3) is 0.682. The van der Waals surface area contributed by atoms with Crippen LogP contribution in [0, 0.1) is 6.92 Å². The standard InChI is InChI=1S/C22H34N6S.HI/c1-17-26-27-20(28(17)2)15-23-21(25-18-9-4-5-10-18)24-16-22(12-6-3-7-13-22)19-11-8-14-29-19;/h8,11,14,18H,3-7,9-10,12-13,15-16H2,1-2H3,(H2,23,24,25);1H. The van der Waals surface area contributed by atoms with Crippen LogP contribution in [-0.4, -0.2) is 33.3 Å². The maximum Gasteiger partial charge on any atom is 0.191 e. The third-order valence-electron chi connectivity index (χ3n) is 6.71. The van der Waals surface area contributed by atoms with E-state index in [2.05, 4.69) is 38.3 Å². The van der Waals surface area contributed by atoms with E-state index < -0.39 is 0 Å². The molecule has 30 heavy (non-hydrogen) atoms. The summed E-state index contributed by atoms with van der Waals surface area (Å²) >= 11 is 1.91. The van der Waals surface area contributed by atoms with E-state index in [1.165, 1.54) is 62.7 Å². The van der Waals surface area contributed by atoms with E-state index >= 15 is 0 Å². The first-order valence-electron chi connectivity index (χ1n) is 11.1. The molecule has 2 N–H and O–H groups in total. The Morgan fingerprint density at radius 3 is 2.60 bits per heavy atom. The van der Waals surface area contributed by atoms with Crippen LogP contribution in [0.4, 0.5) is 0 Å². The molecule has 0 saturated heterocycles. The van der Waals surface area contributed by atoms with Crippen LogP contribution < -0.4 is 10.6 Å². The van der Waals surface area contributed by atoms with Crippen LogP contribution in [0.25, 0.3) is 0 Å². The lowest BCUT2D eigenvalue weighted by molar-refractivity contribution is 0.296. The van der Waals surface area contributed by atoms with Crippen LogP contribution in [0.2, 0.25) is 0 Å². The molecule has 2 aliphatic rings. The van der Waals surface area contributed by atoms with Crippen molar-refractivity contribution in [1.82, 2.24) is 25.4 Å². The second-order valence-electron chi connectivity index (χ2n) is 8.68. The Morgan fingerprint density at radius 2 is 1.97 bits per heavy atom. The van der Waals surface area contributed by atoms with Crippen molar-refractivity contribution in [2.75, 3.05) is 6.54 Å². The molecule has 2 aromatic rings. The van der Waals surface area contributed by atoms with Crippen molar-refractivity contribution in [2.24, 2.45) is 12.0 Å². The third kappa shape index (κ3) is 5.55. The quantitative estimate of drug-likeness (QED) is 0.316. The first-order valence-corrected chi connectivity index (χ1v) is 12.0. The van der Waals surface area contributed by atoms with Crippen molar-refractivity contribution in [2.45, 2.75) is 82.7 Å². The molecule has 0 atom stereocenters. The van der Waals surface area contributed by atoms with Crippen LogP contribution in [0.1, 0.15) is 74.3 Å². The van der Waals surface area contributed by atoms with Gasteiger partial charge >= 0.3 is 0 Å². The summed E-state index contributed by atoms with van der Waals surface area (Å²) in [5, 5.41) is 18.1. The van der Waals surface area contributed by atoms with Crippen LogP contribution in [0.5, 0.6) is 0 Å². The minimum Gasteiger partial charge on any atom is -0.355 e. The minimum atomic E-state index is 0. The molecule has 2 aromatic heterocycles. The summed E-state index contributed by atoms with van der Waals surface area (Å²) in [6.07, 6.45) is 11.6. The molecule has 0 radical (unpaired) electrons. The molecular weight excluding hydrogens is 507 g/mol. The number of halogens is 1. The highest BCUT2D eigenvalue weighted by atomic mass is 127. The average molecular weight is 543 g/mol. The Hall–Kier alpha value is -1.16. The fourth-order valence-corrected chi connectivity index (χ4v) is 5.71. The number of hydrogen-bond donors (Lipinski definition) is 2. The molecule has 0 aliphatic heterocycles. The Bertz CT molecular complexity index is 804. The molecule has 0 spiro atoms. The lowest BCUT2D eigenvalue weighted by Crippen LogP contribution is -2.48. The average Bonchev–Trinajstić information content (AvgIpc) is 3.50. The van der Waals surface area contributed by atoms with Crippen molar-refractivity contribution < 1.29 is 0 Å². The van der Waals surface area contributed by atoms with Gasteiger partial charge in [0.25, 0.3) is 0 Å². The zero-order valence-electron chi connectivity index (χ0n) is 18.2. The van der Waals surface area contributed by atoms with E-state index in [1.54, 1.807) is 0 Å². The van der Waals surface area contributed by atoms with Crippen LogP contribution in [0.3, 0.4) is 0 Å². The normalized spacial score (nSPS) is 19.5. The van der Waals surface area contributed by atoms with Gasteiger partial charge in [0.05, 0.1) is 0 Å². The maximum atomic E-state index is 4.90. The third-order valence-corrected chi connectivity index (χ3v) is 7.82. The van der Waals surface area contributed by atoms with Gasteiger partial charge in [0.1, 0.15) is 12.4 Å². The number of rotatable bonds is 6. The smallest absolute Gasteiger partial charge is 0.191 e. The molecular formula is C22H35IN6S. The van der Waals surface area contributed by atoms with Crippen molar-refractivity contribution in [3.05, 3.63) is 34.0 Å². The van der Waals surface area contributed by atoms with E-state index in [0.717, 1.165) is 24.2 Å². The van der Waals surface area contributed by atoms with Gasteiger partial charge in [-0.3, -0.25) is 0 Å². The van der Waals surface area contributed by atoms with Crippen molar-refractivity contribution in [1.29, 1.82) is 0 Å². The SMILES string of the molecule is Cc1nnc(CN=C(NCC2(c3cccs3)CCCCC2)NC2CCCC2)n1C.I. The predicted octanol–water partition coefficient (Wildman–Crippen LogP) is 4.68. The monoisotopic (exact) mass is 542 g/mol. The number of aromatic nitrogens is 3. The lowest BCUT2D eigenvalue weighted by Gasteiger charge is -2.37. The summed E-state index contributed by atoms with van der Waals surface area (Å²) in [4.78, 5) is 6.43. The second-order valence-corrected chi connectivity index (χ2v) is 9.63. The number of guanidine groups is 1. The molecule has 2 aliphatic carbocycles. The minimum absolute atomic E-state index is 0. The Balaban J connectivity index is 0.00000256. The van der Waals surface area contributed by atoms with Gasteiger partial charge in [-0.1, -0.05) is 38.2 Å². The van der Waals surface area contributed by atoms with Gasteiger partial charge in [-0.05, 0) is 44.1 Å². The molecule has 6 nitrogen and oxygen atoms in total. The fourth-order valence-electron chi connectivity index (χ4n) is 4.73. The molecule has 0 unspecified atom stereocenters. The van der Waals surface area contributed by atoms with Gasteiger partial charge in [-0.15, -0.1) is 45.5 Å². The second kappa shape index (κ2) is 10.9. The van der Waals surface area contributed by atoms with E-state index in [9.17, 15) is 0 Å². The summed E-state index contributed by atoms with van der Waals surface area (Å²) in [5.41, 5.74) is 0.242.